The zero-order valence-electron chi connectivity index (χ0n) is 12.6. The number of nitrogens with one attached hydrogen (secondary N) is 1. The third-order valence-corrected chi connectivity index (χ3v) is 3.97. The Hall–Kier alpha value is -2.74. The minimum atomic E-state index is -1.49. The van der Waals surface area contributed by atoms with Crippen LogP contribution in [0, 0.1) is 11.6 Å². The molecular weight excluding hydrogens is 322 g/mol. The van der Waals surface area contributed by atoms with Crippen LogP contribution in [0.3, 0.4) is 0 Å². The molecular formula is C16H14F2N2O4. The normalized spacial score (nSPS) is 21.9. The number of amides is 3. The van der Waals surface area contributed by atoms with Crippen LogP contribution in [0.2, 0.25) is 0 Å². The number of furan rings is 1. The van der Waals surface area contributed by atoms with E-state index in [1.807, 2.05) is 0 Å². The molecule has 1 fully saturated rings. The van der Waals surface area contributed by atoms with Gasteiger partial charge in [-0.1, -0.05) is 6.07 Å². The second-order valence-electron chi connectivity index (χ2n) is 5.63. The Labute approximate surface area is 135 Å². The summed E-state index contributed by atoms with van der Waals surface area (Å²) < 4.78 is 31.8. The highest BCUT2D eigenvalue weighted by Crippen LogP contribution is 2.30. The van der Waals surface area contributed by atoms with Gasteiger partial charge in [-0.15, -0.1) is 0 Å². The average Bonchev–Trinajstić information content (AvgIpc) is 3.12. The van der Waals surface area contributed by atoms with Gasteiger partial charge in [-0.25, -0.2) is 13.6 Å². The summed E-state index contributed by atoms with van der Waals surface area (Å²) in [6.07, 6.45) is -0.120. The van der Waals surface area contributed by atoms with Crippen LogP contribution in [-0.4, -0.2) is 28.5 Å². The maximum Gasteiger partial charge on any atom is 0.325 e. The minimum absolute atomic E-state index is 0.205. The number of hydrogen-bond acceptors (Lipinski definition) is 4. The van der Waals surface area contributed by atoms with Crippen LogP contribution in [0.4, 0.5) is 13.6 Å². The molecule has 0 radical (unpaired) electrons. The highest BCUT2D eigenvalue weighted by molar-refractivity contribution is 6.06. The summed E-state index contributed by atoms with van der Waals surface area (Å²) in [6, 6.07) is 5.06. The number of aliphatic hydroxyl groups is 1. The van der Waals surface area contributed by atoms with E-state index in [0.29, 0.717) is 6.07 Å². The van der Waals surface area contributed by atoms with Crippen molar-refractivity contribution >= 4 is 11.9 Å². The number of nitrogens with zero attached hydrogens (tertiary/aromatic N) is 1. The average molecular weight is 336 g/mol. The van der Waals surface area contributed by atoms with E-state index in [2.05, 4.69) is 5.32 Å². The smallest absolute Gasteiger partial charge is 0.325 e. The SMILES string of the molecule is C[C@]1(c2ccco2)NC(=O)N(C[C@@H](O)c2ccc(F)cc2F)C1=O. The van der Waals surface area contributed by atoms with Crippen molar-refractivity contribution in [2.45, 2.75) is 18.6 Å². The van der Waals surface area contributed by atoms with E-state index in [0.717, 1.165) is 17.0 Å². The molecule has 0 bridgehead atoms. The van der Waals surface area contributed by atoms with Gasteiger partial charge in [0.15, 0.2) is 5.54 Å². The van der Waals surface area contributed by atoms with Crippen molar-refractivity contribution < 1.29 is 27.9 Å². The molecule has 2 atom stereocenters. The molecule has 126 valence electrons. The molecule has 1 aromatic carbocycles. The Morgan fingerprint density at radius 1 is 1.33 bits per heavy atom. The molecule has 2 N–H and O–H groups in total. The number of hydrogen-bond donors (Lipinski definition) is 2. The number of carbonyl (C=O) groups excluding carboxylic acids is 2. The highest BCUT2D eigenvalue weighted by atomic mass is 19.1. The molecule has 1 aliphatic heterocycles. The fourth-order valence-corrected chi connectivity index (χ4v) is 2.64. The summed E-state index contributed by atoms with van der Waals surface area (Å²) in [5.41, 5.74) is -1.61. The van der Waals surface area contributed by atoms with Crippen molar-refractivity contribution in [3.63, 3.8) is 0 Å². The fraction of sp³-hybridized carbons (Fsp3) is 0.250. The van der Waals surface area contributed by atoms with Crippen molar-refractivity contribution in [3.8, 4) is 0 Å². The van der Waals surface area contributed by atoms with E-state index in [4.69, 9.17) is 4.42 Å². The molecule has 0 spiro atoms. The number of urea groups is 1. The zero-order chi connectivity index (χ0) is 17.5. The summed E-state index contributed by atoms with van der Waals surface area (Å²) in [7, 11) is 0. The molecule has 3 rings (SSSR count). The minimum Gasteiger partial charge on any atom is -0.466 e. The third kappa shape index (κ3) is 2.54. The van der Waals surface area contributed by atoms with Gasteiger partial charge < -0.3 is 14.8 Å². The van der Waals surface area contributed by atoms with Gasteiger partial charge in [0, 0.05) is 11.6 Å². The number of β-amino-alcohol motifs (C(OH)–C–C–N with tert-alkyl or cyclic N) is 1. The van der Waals surface area contributed by atoms with Crippen LogP contribution >= 0.6 is 0 Å². The molecule has 3 amide bonds. The molecule has 1 aromatic heterocycles. The predicted octanol–water partition coefficient (Wildman–Crippen LogP) is 2.06. The molecule has 6 nitrogen and oxygen atoms in total. The Balaban J connectivity index is 1.82. The van der Waals surface area contributed by atoms with Crippen molar-refractivity contribution in [1.82, 2.24) is 10.2 Å². The van der Waals surface area contributed by atoms with Gasteiger partial charge >= 0.3 is 6.03 Å². The molecule has 1 saturated heterocycles. The standard InChI is InChI=1S/C16H14F2N2O4/c1-16(13-3-2-6-24-13)14(22)20(15(23)19-16)8-12(21)10-5-4-9(17)7-11(10)18/h2-7,12,21H,8H2,1H3,(H,19,23)/t12-,16-/m1/s1. The number of imide groups is 1. The topological polar surface area (TPSA) is 82.8 Å². The van der Waals surface area contributed by atoms with Gasteiger partial charge in [0.25, 0.3) is 5.91 Å². The number of halogens is 2. The number of rotatable bonds is 4. The van der Waals surface area contributed by atoms with Gasteiger partial charge in [-0.05, 0) is 25.1 Å². The molecule has 8 heteroatoms. The maximum atomic E-state index is 13.7. The number of aliphatic hydroxyl groups excluding tert-OH is 1. The Bertz CT molecular complexity index is 793. The lowest BCUT2D eigenvalue weighted by Crippen LogP contribution is -2.41. The van der Waals surface area contributed by atoms with E-state index in [9.17, 15) is 23.5 Å². The third-order valence-electron chi connectivity index (χ3n) is 3.97. The predicted molar refractivity (Wildman–Crippen MR) is 77.6 cm³/mol. The highest BCUT2D eigenvalue weighted by Gasteiger charge is 2.51. The fourth-order valence-electron chi connectivity index (χ4n) is 2.64. The molecule has 2 aromatic rings. The van der Waals surface area contributed by atoms with Crippen LogP contribution < -0.4 is 5.32 Å². The monoisotopic (exact) mass is 336 g/mol. The second-order valence-corrected chi connectivity index (χ2v) is 5.63. The molecule has 0 aliphatic carbocycles. The quantitative estimate of drug-likeness (QED) is 0.837. The van der Waals surface area contributed by atoms with Gasteiger partial charge in [-0.3, -0.25) is 9.69 Å². The largest absolute Gasteiger partial charge is 0.466 e. The summed E-state index contributed by atoms with van der Waals surface area (Å²) in [5.74, 6) is -2.14. The molecule has 0 unspecified atom stereocenters. The van der Waals surface area contributed by atoms with E-state index in [1.165, 1.54) is 19.3 Å². The molecule has 2 heterocycles. The Kier molecular flexibility index (Phi) is 3.84. The lowest BCUT2D eigenvalue weighted by Gasteiger charge is -2.21. The first-order valence-corrected chi connectivity index (χ1v) is 7.14. The van der Waals surface area contributed by atoms with Crippen LogP contribution in [0.25, 0.3) is 0 Å². The summed E-state index contributed by atoms with van der Waals surface area (Å²) >= 11 is 0. The van der Waals surface area contributed by atoms with Gasteiger partial charge in [-0.2, -0.15) is 0 Å². The van der Waals surface area contributed by atoms with Crippen LogP contribution in [0.5, 0.6) is 0 Å². The maximum absolute atomic E-state index is 13.7. The van der Waals surface area contributed by atoms with Crippen molar-refractivity contribution in [3.05, 3.63) is 59.6 Å². The number of benzene rings is 1. The van der Waals surface area contributed by atoms with Crippen molar-refractivity contribution in [1.29, 1.82) is 0 Å². The van der Waals surface area contributed by atoms with Crippen LogP contribution in [0.15, 0.2) is 41.0 Å². The second kappa shape index (κ2) is 5.72. The zero-order valence-corrected chi connectivity index (χ0v) is 12.6. The van der Waals surface area contributed by atoms with Gasteiger partial charge in [0.05, 0.1) is 18.9 Å². The molecule has 0 saturated carbocycles. The lowest BCUT2D eigenvalue weighted by molar-refractivity contribution is -0.132. The summed E-state index contributed by atoms with van der Waals surface area (Å²) in [6.45, 7) is 1.00. The first-order valence-electron chi connectivity index (χ1n) is 7.14. The van der Waals surface area contributed by atoms with E-state index < -0.39 is 41.8 Å². The summed E-state index contributed by atoms with van der Waals surface area (Å²) in [4.78, 5) is 25.4. The van der Waals surface area contributed by atoms with E-state index in [-0.39, 0.29) is 11.3 Å². The Morgan fingerprint density at radius 3 is 2.71 bits per heavy atom. The first kappa shape index (κ1) is 16.1. The van der Waals surface area contributed by atoms with Crippen molar-refractivity contribution in [2.75, 3.05) is 6.54 Å². The molecule has 24 heavy (non-hydrogen) atoms. The lowest BCUT2D eigenvalue weighted by atomic mass is 9.99. The van der Waals surface area contributed by atoms with Gasteiger partial charge in [0.1, 0.15) is 17.4 Å². The van der Waals surface area contributed by atoms with E-state index >= 15 is 0 Å². The Morgan fingerprint density at radius 2 is 2.08 bits per heavy atom. The first-order chi connectivity index (χ1) is 11.3. The van der Waals surface area contributed by atoms with Crippen molar-refractivity contribution in [2.24, 2.45) is 0 Å². The summed E-state index contributed by atoms with van der Waals surface area (Å²) in [5, 5.41) is 12.6. The van der Waals surface area contributed by atoms with Crippen LogP contribution in [-0.2, 0) is 10.3 Å². The van der Waals surface area contributed by atoms with E-state index in [1.54, 1.807) is 6.07 Å². The molecule has 1 aliphatic rings. The number of carbonyl (C=O) groups is 2. The van der Waals surface area contributed by atoms with Crippen LogP contribution in [0.1, 0.15) is 24.4 Å². The van der Waals surface area contributed by atoms with Gasteiger partial charge in [0.2, 0.25) is 0 Å².